The molecule has 0 aliphatic carbocycles. The van der Waals surface area contributed by atoms with E-state index in [0.29, 0.717) is 19.6 Å². The van der Waals surface area contributed by atoms with Crippen molar-refractivity contribution in [3.05, 3.63) is 0 Å². The first-order chi connectivity index (χ1) is 8.53. The van der Waals surface area contributed by atoms with Gasteiger partial charge in [0.1, 0.15) is 6.29 Å². The van der Waals surface area contributed by atoms with Crippen molar-refractivity contribution in [3.63, 3.8) is 0 Å². The Hall–Kier alpha value is -1.47. The first kappa shape index (κ1) is 16.5. The molecule has 2 N–H and O–H groups in total. The van der Waals surface area contributed by atoms with Crippen LogP contribution in [-0.2, 0) is 14.4 Å². The maximum Gasteiger partial charge on any atom is 0.317 e. The fraction of sp³-hybridized carbons (Fsp3) is 0.727. The Bertz CT molecular complexity index is 283. The van der Waals surface area contributed by atoms with Crippen molar-refractivity contribution >= 4 is 18.2 Å². The average molecular weight is 259 g/mol. The molecule has 104 valence electrons. The van der Waals surface area contributed by atoms with E-state index >= 15 is 0 Å². The Balaban J connectivity index is 4.18. The molecule has 1 amide bonds. The largest absolute Gasteiger partial charge is 0.480 e. The molecule has 18 heavy (non-hydrogen) atoms. The van der Waals surface area contributed by atoms with Crippen LogP contribution in [0.15, 0.2) is 0 Å². The Labute approximate surface area is 107 Å². The van der Waals surface area contributed by atoms with Crippen molar-refractivity contribution in [2.24, 2.45) is 0 Å². The zero-order valence-electron chi connectivity index (χ0n) is 10.9. The molecule has 0 radical (unpaired) electrons. The van der Waals surface area contributed by atoms with Crippen LogP contribution in [0.3, 0.4) is 0 Å². The SMILES string of the molecule is CCN(CCN(CC=O)CC(=O)NC)CC(=O)O. The number of carbonyl (C=O) groups excluding carboxylic acids is 2. The summed E-state index contributed by atoms with van der Waals surface area (Å²) in [6.45, 7) is 3.73. The number of nitrogens with zero attached hydrogens (tertiary/aromatic N) is 2. The lowest BCUT2D eigenvalue weighted by atomic mass is 10.4. The number of carboxylic acid groups (broad SMARTS) is 1. The minimum atomic E-state index is -0.884. The van der Waals surface area contributed by atoms with Gasteiger partial charge in [0.05, 0.1) is 19.6 Å². The van der Waals surface area contributed by atoms with Crippen molar-refractivity contribution in [2.75, 3.05) is 46.3 Å². The van der Waals surface area contributed by atoms with Gasteiger partial charge in [-0.25, -0.2) is 0 Å². The Morgan fingerprint density at radius 2 is 1.83 bits per heavy atom. The second-order valence-corrected chi connectivity index (χ2v) is 3.84. The number of hydrogen-bond acceptors (Lipinski definition) is 5. The summed E-state index contributed by atoms with van der Waals surface area (Å²) in [4.78, 5) is 35.7. The third kappa shape index (κ3) is 7.75. The van der Waals surface area contributed by atoms with Crippen molar-refractivity contribution in [3.8, 4) is 0 Å². The summed E-state index contributed by atoms with van der Waals surface area (Å²) in [5.41, 5.74) is 0. The second kappa shape index (κ2) is 9.55. The summed E-state index contributed by atoms with van der Waals surface area (Å²) < 4.78 is 0. The molecule has 0 aliphatic rings. The van der Waals surface area contributed by atoms with E-state index in [2.05, 4.69) is 5.32 Å². The number of amides is 1. The lowest BCUT2D eigenvalue weighted by Gasteiger charge is -2.23. The van der Waals surface area contributed by atoms with Gasteiger partial charge in [0.25, 0.3) is 0 Å². The van der Waals surface area contributed by atoms with Gasteiger partial charge in [0.2, 0.25) is 5.91 Å². The summed E-state index contributed by atoms with van der Waals surface area (Å²) in [6, 6.07) is 0. The molecule has 0 aromatic heterocycles. The highest BCUT2D eigenvalue weighted by Gasteiger charge is 2.12. The summed E-state index contributed by atoms with van der Waals surface area (Å²) in [5, 5.41) is 11.2. The summed E-state index contributed by atoms with van der Waals surface area (Å²) in [5.74, 6) is -1.05. The fourth-order valence-electron chi connectivity index (χ4n) is 1.45. The number of hydrogen-bond donors (Lipinski definition) is 2. The van der Waals surface area contributed by atoms with Crippen molar-refractivity contribution in [1.29, 1.82) is 0 Å². The number of aliphatic carboxylic acids is 1. The number of carboxylic acids is 1. The molecule has 0 saturated carbocycles. The van der Waals surface area contributed by atoms with Gasteiger partial charge >= 0.3 is 5.97 Å². The number of rotatable bonds is 10. The molecule has 0 rings (SSSR count). The molecule has 0 aromatic carbocycles. The monoisotopic (exact) mass is 259 g/mol. The molecule has 0 saturated heterocycles. The molecule has 0 aromatic rings. The van der Waals surface area contributed by atoms with Crippen LogP contribution in [0.5, 0.6) is 0 Å². The minimum absolute atomic E-state index is 0.0363. The second-order valence-electron chi connectivity index (χ2n) is 3.84. The number of aldehydes is 1. The van der Waals surface area contributed by atoms with Gasteiger partial charge in [0.15, 0.2) is 0 Å². The summed E-state index contributed by atoms with van der Waals surface area (Å²) in [6.07, 6.45) is 0.733. The van der Waals surface area contributed by atoms with Crippen molar-refractivity contribution < 1.29 is 19.5 Å². The molecular formula is C11H21N3O4. The Kier molecular flexibility index (Phi) is 8.77. The summed E-state index contributed by atoms with van der Waals surface area (Å²) in [7, 11) is 1.53. The van der Waals surface area contributed by atoms with Crippen LogP contribution in [0.2, 0.25) is 0 Å². The molecule has 7 heteroatoms. The Morgan fingerprint density at radius 1 is 1.22 bits per heavy atom. The maximum absolute atomic E-state index is 11.2. The van der Waals surface area contributed by atoms with E-state index in [1.807, 2.05) is 6.92 Å². The molecule has 0 fully saturated rings. The van der Waals surface area contributed by atoms with Crippen molar-refractivity contribution in [2.45, 2.75) is 6.92 Å². The zero-order valence-corrected chi connectivity index (χ0v) is 10.9. The van der Waals surface area contributed by atoms with Gasteiger partial charge in [-0.1, -0.05) is 6.92 Å². The van der Waals surface area contributed by atoms with Crippen LogP contribution >= 0.6 is 0 Å². The standard InChI is InChI=1S/C11H21N3O4/c1-3-13(9-11(17)18)4-5-14(6-7-15)8-10(16)12-2/h7H,3-6,8-9H2,1-2H3,(H,12,16)(H,17,18). The molecule has 0 heterocycles. The predicted octanol–water partition coefficient (Wildman–Crippen LogP) is -1.36. The minimum Gasteiger partial charge on any atom is -0.480 e. The van der Waals surface area contributed by atoms with Crippen LogP contribution in [0.4, 0.5) is 0 Å². The van der Waals surface area contributed by atoms with E-state index in [4.69, 9.17) is 5.11 Å². The quantitative estimate of drug-likeness (QED) is 0.471. The van der Waals surface area contributed by atoms with Crippen LogP contribution in [0.25, 0.3) is 0 Å². The molecule has 0 atom stereocenters. The molecule has 7 nitrogen and oxygen atoms in total. The van der Waals surface area contributed by atoms with Gasteiger partial charge < -0.3 is 15.2 Å². The van der Waals surface area contributed by atoms with Gasteiger partial charge in [-0.05, 0) is 6.54 Å². The highest BCUT2D eigenvalue weighted by atomic mass is 16.4. The van der Waals surface area contributed by atoms with E-state index in [0.717, 1.165) is 6.29 Å². The average Bonchev–Trinajstić information content (AvgIpc) is 2.33. The molecular weight excluding hydrogens is 238 g/mol. The number of likely N-dealkylation sites (N-methyl/N-ethyl adjacent to an activating group) is 2. The maximum atomic E-state index is 11.2. The molecule has 0 aliphatic heterocycles. The van der Waals surface area contributed by atoms with Crippen molar-refractivity contribution in [1.82, 2.24) is 15.1 Å². The number of carbonyl (C=O) groups is 3. The third-order valence-corrected chi connectivity index (χ3v) is 2.52. The first-order valence-corrected chi connectivity index (χ1v) is 5.84. The van der Waals surface area contributed by atoms with E-state index in [9.17, 15) is 14.4 Å². The molecule has 0 unspecified atom stereocenters. The van der Waals surface area contributed by atoms with E-state index < -0.39 is 5.97 Å². The number of nitrogens with one attached hydrogen (secondary N) is 1. The normalized spacial score (nSPS) is 10.7. The highest BCUT2D eigenvalue weighted by Crippen LogP contribution is 1.92. The predicted molar refractivity (Wildman–Crippen MR) is 66.3 cm³/mol. The van der Waals surface area contributed by atoms with Gasteiger partial charge in [-0.2, -0.15) is 0 Å². The van der Waals surface area contributed by atoms with Crippen LogP contribution in [0, 0.1) is 0 Å². The van der Waals surface area contributed by atoms with E-state index in [-0.39, 0.29) is 25.5 Å². The first-order valence-electron chi connectivity index (χ1n) is 5.84. The van der Waals surface area contributed by atoms with Crippen LogP contribution in [0.1, 0.15) is 6.92 Å². The highest BCUT2D eigenvalue weighted by molar-refractivity contribution is 5.78. The lowest BCUT2D eigenvalue weighted by Crippen LogP contribution is -2.42. The van der Waals surface area contributed by atoms with Gasteiger partial charge in [-0.3, -0.25) is 19.4 Å². The van der Waals surface area contributed by atoms with Gasteiger partial charge in [-0.15, -0.1) is 0 Å². The fourth-order valence-corrected chi connectivity index (χ4v) is 1.45. The molecule has 0 spiro atoms. The van der Waals surface area contributed by atoms with Crippen LogP contribution in [-0.4, -0.2) is 79.4 Å². The van der Waals surface area contributed by atoms with E-state index in [1.54, 1.807) is 9.80 Å². The zero-order chi connectivity index (χ0) is 14.0. The topological polar surface area (TPSA) is 90.0 Å². The summed E-state index contributed by atoms with van der Waals surface area (Å²) >= 11 is 0. The van der Waals surface area contributed by atoms with E-state index in [1.165, 1.54) is 7.05 Å². The van der Waals surface area contributed by atoms with Crippen LogP contribution < -0.4 is 5.32 Å². The smallest absolute Gasteiger partial charge is 0.317 e. The lowest BCUT2D eigenvalue weighted by molar-refractivity contribution is -0.138. The Morgan fingerprint density at radius 3 is 2.28 bits per heavy atom. The molecule has 0 bridgehead atoms. The van der Waals surface area contributed by atoms with Gasteiger partial charge in [0, 0.05) is 20.1 Å². The third-order valence-electron chi connectivity index (χ3n) is 2.52.